The SMILES string of the molecule is COCC(=O)N/N=C(\C)CC(=O)NCCc1ccc(OC)c(OC)c1. The molecule has 0 fully saturated rings. The second-order valence-corrected chi connectivity index (χ2v) is 5.28. The lowest BCUT2D eigenvalue weighted by Gasteiger charge is -2.10. The second-order valence-electron chi connectivity index (χ2n) is 5.28. The van der Waals surface area contributed by atoms with Crippen molar-refractivity contribution in [2.75, 3.05) is 34.5 Å². The van der Waals surface area contributed by atoms with E-state index in [1.165, 1.54) is 7.11 Å². The summed E-state index contributed by atoms with van der Waals surface area (Å²) in [5.74, 6) is 0.789. The number of carbonyl (C=O) groups excluding carboxylic acids is 2. The Balaban J connectivity index is 2.39. The van der Waals surface area contributed by atoms with E-state index in [4.69, 9.17) is 9.47 Å². The van der Waals surface area contributed by atoms with E-state index in [-0.39, 0.29) is 24.8 Å². The summed E-state index contributed by atoms with van der Waals surface area (Å²) < 4.78 is 15.1. The normalized spacial score (nSPS) is 11.0. The van der Waals surface area contributed by atoms with Crippen LogP contribution >= 0.6 is 0 Å². The molecule has 1 rings (SSSR count). The maximum atomic E-state index is 11.9. The standard InChI is InChI=1S/C17H25N3O5/c1-12(19-20-17(22)11-23-2)9-16(21)18-8-7-13-5-6-14(24-3)15(10-13)25-4/h5-6,10H,7-9,11H2,1-4H3,(H,18,21)(H,20,22)/b19-12+. The maximum absolute atomic E-state index is 11.9. The van der Waals surface area contributed by atoms with E-state index in [9.17, 15) is 9.59 Å². The number of amides is 2. The van der Waals surface area contributed by atoms with Crippen LogP contribution in [0.4, 0.5) is 0 Å². The molecule has 0 spiro atoms. The van der Waals surface area contributed by atoms with E-state index < -0.39 is 0 Å². The van der Waals surface area contributed by atoms with Gasteiger partial charge in [-0.2, -0.15) is 5.10 Å². The lowest BCUT2D eigenvalue weighted by molar-refractivity contribution is -0.124. The number of rotatable bonds is 10. The summed E-state index contributed by atoms with van der Waals surface area (Å²) in [7, 11) is 4.58. The third kappa shape index (κ3) is 7.67. The molecular weight excluding hydrogens is 326 g/mol. The van der Waals surface area contributed by atoms with Crippen LogP contribution in [-0.4, -0.2) is 52.0 Å². The highest BCUT2D eigenvalue weighted by Gasteiger charge is 2.07. The minimum atomic E-state index is -0.365. The Labute approximate surface area is 147 Å². The maximum Gasteiger partial charge on any atom is 0.266 e. The van der Waals surface area contributed by atoms with Crippen LogP contribution in [0.2, 0.25) is 0 Å². The Morgan fingerprint density at radius 2 is 1.80 bits per heavy atom. The van der Waals surface area contributed by atoms with Crippen molar-refractivity contribution in [3.8, 4) is 11.5 Å². The monoisotopic (exact) mass is 351 g/mol. The summed E-state index contributed by atoms with van der Waals surface area (Å²) in [4.78, 5) is 23.1. The molecule has 1 aromatic rings. The van der Waals surface area contributed by atoms with Crippen molar-refractivity contribution in [1.82, 2.24) is 10.7 Å². The number of hydrogen-bond acceptors (Lipinski definition) is 6. The lowest BCUT2D eigenvalue weighted by atomic mass is 10.1. The third-order valence-electron chi connectivity index (χ3n) is 3.25. The van der Waals surface area contributed by atoms with Crippen LogP contribution in [-0.2, 0) is 20.7 Å². The van der Waals surface area contributed by atoms with Crippen molar-refractivity contribution in [1.29, 1.82) is 0 Å². The van der Waals surface area contributed by atoms with Gasteiger partial charge >= 0.3 is 0 Å². The highest BCUT2D eigenvalue weighted by atomic mass is 16.5. The predicted octanol–water partition coefficient (Wildman–Crippen LogP) is 0.891. The average Bonchev–Trinajstić information content (AvgIpc) is 2.60. The van der Waals surface area contributed by atoms with E-state index in [0.717, 1.165) is 5.56 Å². The zero-order valence-corrected chi connectivity index (χ0v) is 15.0. The van der Waals surface area contributed by atoms with Crippen LogP contribution < -0.4 is 20.2 Å². The Morgan fingerprint density at radius 1 is 1.08 bits per heavy atom. The van der Waals surface area contributed by atoms with Crippen LogP contribution in [0.5, 0.6) is 11.5 Å². The Hall–Kier alpha value is -2.61. The number of methoxy groups -OCH3 is 3. The van der Waals surface area contributed by atoms with Crippen molar-refractivity contribution >= 4 is 17.5 Å². The molecule has 2 N–H and O–H groups in total. The first-order valence-electron chi connectivity index (χ1n) is 7.78. The van der Waals surface area contributed by atoms with Crippen molar-refractivity contribution in [3.63, 3.8) is 0 Å². The molecule has 0 aliphatic rings. The van der Waals surface area contributed by atoms with Gasteiger partial charge in [-0.05, 0) is 31.0 Å². The quantitative estimate of drug-likeness (QED) is 0.482. The Bertz CT molecular complexity index is 616. The minimum Gasteiger partial charge on any atom is -0.493 e. The first kappa shape index (κ1) is 20.4. The molecule has 0 aliphatic heterocycles. The topological polar surface area (TPSA) is 98.2 Å². The zero-order valence-electron chi connectivity index (χ0n) is 15.0. The van der Waals surface area contributed by atoms with Gasteiger partial charge in [0, 0.05) is 19.4 Å². The van der Waals surface area contributed by atoms with Gasteiger partial charge in [-0.15, -0.1) is 0 Å². The van der Waals surface area contributed by atoms with E-state index in [0.29, 0.717) is 30.2 Å². The molecular formula is C17H25N3O5. The van der Waals surface area contributed by atoms with E-state index in [1.807, 2.05) is 18.2 Å². The predicted molar refractivity (Wildman–Crippen MR) is 94.0 cm³/mol. The zero-order chi connectivity index (χ0) is 18.7. The molecule has 0 bridgehead atoms. The molecule has 0 saturated heterocycles. The van der Waals surface area contributed by atoms with Gasteiger partial charge in [0.25, 0.3) is 5.91 Å². The molecule has 0 aliphatic carbocycles. The fourth-order valence-corrected chi connectivity index (χ4v) is 2.04. The highest BCUT2D eigenvalue weighted by molar-refractivity contribution is 6.00. The summed E-state index contributed by atoms with van der Waals surface area (Å²) in [5, 5.41) is 6.65. The van der Waals surface area contributed by atoms with Gasteiger partial charge in [-0.25, -0.2) is 5.43 Å². The van der Waals surface area contributed by atoms with Crippen LogP contribution in [0.25, 0.3) is 0 Å². The number of ether oxygens (including phenoxy) is 3. The van der Waals surface area contributed by atoms with Crippen molar-refractivity contribution < 1.29 is 23.8 Å². The van der Waals surface area contributed by atoms with Crippen molar-refractivity contribution in [2.24, 2.45) is 5.10 Å². The average molecular weight is 351 g/mol. The van der Waals surface area contributed by atoms with Gasteiger partial charge in [0.05, 0.1) is 20.6 Å². The number of hydrogen-bond donors (Lipinski definition) is 2. The van der Waals surface area contributed by atoms with Crippen LogP contribution in [0.1, 0.15) is 18.9 Å². The van der Waals surface area contributed by atoms with E-state index in [1.54, 1.807) is 21.1 Å². The summed E-state index contributed by atoms with van der Waals surface area (Å²) >= 11 is 0. The second kappa shape index (κ2) is 11.0. The van der Waals surface area contributed by atoms with Gasteiger partial charge in [-0.1, -0.05) is 6.07 Å². The molecule has 8 heteroatoms. The van der Waals surface area contributed by atoms with Gasteiger partial charge in [0.2, 0.25) is 5.91 Å². The largest absolute Gasteiger partial charge is 0.493 e. The number of benzene rings is 1. The Morgan fingerprint density at radius 3 is 2.44 bits per heavy atom. The van der Waals surface area contributed by atoms with Gasteiger partial charge in [-0.3, -0.25) is 9.59 Å². The number of nitrogens with zero attached hydrogens (tertiary/aromatic N) is 1. The molecule has 0 saturated carbocycles. The fraction of sp³-hybridized carbons (Fsp3) is 0.471. The summed E-state index contributed by atoms with van der Waals surface area (Å²) in [6.07, 6.45) is 0.770. The van der Waals surface area contributed by atoms with Gasteiger partial charge < -0.3 is 19.5 Å². The molecule has 8 nitrogen and oxygen atoms in total. The number of nitrogens with one attached hydrogen (secondary N) is 2. The summed E-state index contributed by atoms with van der Waals surface area (Å²) in [5.41, 5.74) is 3.84. The summed E-state index contributed by atoms with van der Waals surface area (Å²) in [6, 6.07) is 5.63. The molecule has 0 unspecified atom stereocenters. The first-order chi connectivity index (χ1) is 12.0. The van der Waals surface area contributed by atoms with Crippen molar-refractivity contribution in [2.45, 2.75) is 19.8 Å². The highest BCUT2D eigenvalue weighted by Crippen LogP contribution is 2.27. The molecule has 0 radical (unpaired) electrons. The third-order valence-corrected chi connectivity index (χ3v) is 3.25. The fourth-order valence-electron chi connectivity index (χ4n) is 2.04. The number of carbonyl (C=O) groups is 2. The summed E-state index contributed by atoms with van der Waals surface area (Å²) in [6.45, 7) is 2.08. The smallest absolute Gasteiger partial charge is 0.266 e. The molecule has 2 amide bonds. The van der Waals surface area contributed by atoms with E-state index >= 15 is 0 Å². The molecule has 25 heavy (non-hydrogen) atoms. The van der Waals surface area contributed by atoms with Gasteiger partial charge in [0.1, 0.15) is 6.61 Å². The van der Waals surface area contributed by atoms with E-state index in [2.05, 4.69) is 20.6 Å². The molecule has 0 heterocycles. The van der Waals surface area contributed by atoms with Crippen LogP contribution in [0.3, 0.4) is 0 Å². The minimum absolute atomic E-state index is 0.0751. The number of hydrazone groups is 1. The van der Waals surface area contributed by atoms with Gasteiger partial charge in [0.15, 0.2) is 11.5 Å². The molecule has 0 atom stereocenters. The Kier molecular flexibility index (Phi) is 9.02. The molecule has 1 aromatic carbocycles. The van der Waals surface area contributed by atoms with Crippen LogP contribution in [0.15, 0.2) is 23.3 Å². The molecule has 0 aromatic heterocycles. The lowest BCUT2D eigenvalue weighted by Crippen LogP contribution is -2.28. The van der Waals surface area contributed by atoms with Crippen LogP contribution in [0, 0.1) is 0 Å². The van der Waals surface area contributed by atoms with Crippen molar-refractivity contribution in [3.05, 3.63) is 23.8 Å². The molecule has 138 valence electrons. The first-order valence-corrected chi connectivity index (χ1v) is 7.78.